The highest BCUT2D eigenvalue weighted by Gasteiger charge is 2.45. The lowest BCUT2D eigenvalue weighted by atomic mass is 9.71. The van der Waals surface area contributed by atoms with Crippen LogP contribution in [0.1, 0.15) is 41.4 Å². The molecule has 0 spiro atoms. The van der Waals surface area contributed by atoms with Gasteiger partial charge in [0.1, 0.15) is 17.1 Å². The third kappa shape index (κ3) is 7.17. The van der Waals surface area contributed by atoms with Crippen molar-refractivity contribution in [1.82, 2.24) is 4.90 Å². The fraction of sp³-hybridized carbons (Fsp3) is 0.400. The molecule has 0 bridgehead atoms. The van der Waals surface area contributed by atoms with Crippen molar-refractivity contribution in [2.45, 2.75) is 44.0 Å². The highest BCUT2D eigenvalue weighted by molar-refractivity contribution is 5.47. The Kier molecular flexibility index (Phi) is 8.70. The zero-order valence-corrected chi connectivity index (χ0v) is 22.3. The van der Waals surface area contributed by atoms with Gasteiger partial charge in [-0.15, -0.1) is 26.3 Å². The van der Waals surface area contributed by atoms with E-state index in [2.05, 4.69) is 14.4 Å². The minimum absolute atomic E-state index is 0.126. The van der Waals surface area contributed by atoms with Gasteiger partial charge in [0.05, 0.1) is 13.2 Å². The predicted octanol–water partition coefficient (Wildman–Crippen LogP) is 6.68. The Balaban J connectivity index is 1.37. The smallest absolute Gasteiger partial charge is 0.406 e. The number of para-hydroxylation sites is 1. The standard InChI is InChI=1S/C30H29F6NO5/c31-29(32,33)41-24-11-9-22(10-12-24)28(38,25-3-1-2-4-26(25)42-30(34,35)36)23-13-15-37(16-14-23)19-20-5-7-21(8-6-20)27-39-17-18-40-27/h1-12,23,27,38H,13-19H2. The minimum atomic E-state index is -5.02. The summed E-state index contributed by atoms with van der Waals surface area (Å²) in [7, 11) is 0. The Labute approximate surface area is 238 Å². The summed E-state index contributed by atoms with van der Waals surface area (Å²) in [4.78, 5) is 2.17. The fourth-order valence-corrected chi connectivity index (χ4v) is 5.62. The van der Waals surface area contributed by atoms with Crippen LogP contribution in [0.3, 0.4) is 0 Å². The van der Waals surface area contributed by atoms with Gasteiger partial charge in [0.15, 0.2) is 6.29 Å². The fourth-order valence-electron chi connectivity index (χ4n) is 5.62. The SMILES string of the molecule is OC(c1ccc(OC(F)(F)F)cc1)(c1ccccc1OC(F)(F)F)C1CCN(Cc2ccc(C3OCCO3)cc2)CC1. The molecule has 3 aromatic rings. The van der Waals surface area contributed by atoms with Crippen LogP contribution in [0.25, 0.3) is 0 Å². The molecule has 0 amide bonds. The van der Waals surface area contributed by atoms with E-state index in [0.717, 1.165) is 29.3 Å². The summed E-state index contributed by atoms with van der Waals surface area (Å²) in [6.07, 6.45) is -9.50. The van der Waals surface area contributed by atoms with E-state index < -0.39 is 35.7 Å². The van der Waals surface area contributed by atoms with Crippen LogP contribution in [-0.4, -0.2) is 49.0 Å². The Bertz CT molecular complexity index is 1320. The van der Waals surface area contributed by atoms with Gasteiger partial charge in [-0.05, 0) is 61.2 Å². The molecule has 5 rings (SSSR count). The number of hydrogen-bond donors (Lipinski definition) is 1. The van der Waals surface area contributed by atoms with E-state index in [9.17, 15) is 31.4 Å². The van der Waals surface area contributed by atoms with E-state index in [-0.39, 0.29) is 17.4 Å². The van der Waals surface area contributed by atoms with Crippen LogP contribution in [0.4, 0.5) is 26.3 Å². The van der Waals surface area contributed by atoms with Crippen LogP contribution >= 0.6 is 0 Å². The molecule has 226 valence electrons. The molecule has 0 aliphatic carbocycles. The van der Waals surface area contributed by atoms with E-state index in [1.807, 2.05) is 24.3 Å². The largest absolute Gasteiger partial charge is 0.573 e. The first-order valence-corrected chi connectivity index (χ1v) is 13.4. The summed E-state index contributed by atoms with van der Waals surface area (Å²) in [5, 5.41) is 12.2. The lowest BCUT2D eigenvalue weighted by Crippen LogP contribution is -2.44. The third-order valence-electron chi connectivity index (χ3n) is 7.51. The number of likely N-dealkylation sites (tertiary alicyclic amines) is 1. The molecule has 1 unspecified atom stereocenters. The van der Waals surface area contributed by atoms with Crippen molar-refractivity contribution >= 4 is 0 Å². The highest BCUT2D eigenvalue weighted by atomic mass is 19.4. The first-order chi connectivity index (χ1) is 19.9. The maximum absolute atomic E-state index is 13.3. The zero-order valence-electron chi connectivity index (χ0n) is 22.3. The van der Waals surface area contributed by atoms with Crippen molar-refractivity contribution in [3.63, 3.8) is 0 Å². The molecule has 42 heavy (non-hydrogen) atoms. The van der Waals surface area contributed by atoms with Gasteiger partial charge < -0.3 is 24.1 Å². The Morgan fingerprint density at radius 1 is 0.762 bits per heavy atom. The second-order valence-corrected chi connectivity index (χ2v) is 10.2. The maximum Gasteiger partial charge on any atom is 0.573 e. The number of piperidine rings is 1. The van der Waals surface area contributed by atoms with Crippen molar-refractivity contribution in [2.75, 3.05) is 26.3 Å². The van der Waals surface area contributed by atoms with Crippen molar-refractivity contribution in [2.24, 2.45) is 5.92 Å². The second-order valence-electron chi connectivity index (χ2n) is 10.2. The Morgan fingerprint density at radius 3 is 1.95 bits per heavy atom. The molecule has 2 fully saturated rings. The summed E-state index contributed by atoms with van der Waals surface area (Å²) in [6.45, 7) is 2.77. The normalized spacial score (nSPS) is 19.0. The van der Waals surface area contributed by atoms with Gasteiger partial charge >= 0.3 is 12.7 Å². The molecule has 1 atom stereocenters. The molecule has 0 aromatic heterocycles. The van der Waals surface area contributed by atoms with Gasteiger partial charge in [-0.2, -0.15) is 0 Å². The molecule has 2 aliphatic heterocycles. The Hall–Kier alpha value is -3.32. The van der Waals surface area contributed by atoms with Crippen molar-refractivity contribution in [3.05, 3.63) is 95.1 Å². The molecular formula is C30H29F6NO5. The number of halogens is 6. The van der Waals surface area contributed by atoms with E-state index in [1.54, 1.807) is 0 Å². The molecule has 12 heteroatoms. The van der Waals surface area contributed by atoms with Gasteiger partial charge in [0.25, 0.3) is 0 Å². The highest BCUT2D eigenvalue weighted by Crippen LogP contribution is 2.46. The minimum Gasteiger partial charge on any atom is -0.406 e. The van der Waals surface area contributed by atoms with Gasteiger partial charge in [0.2, 0.25) is 0 Å². The molecule has 0 saturated carbocycles. The summed E-state index contributed by atoms with van der Waals surface area (Å²) in [6, 6.07) is 17.7. The number of hydrogen-bond acceptors (Lipinski definition) is 6. The summed E-state index contributed by atoms with van der Waals surface area (Å²) < 4.78 is 97.3. The topological polar surface area (TPSA) is 60.4 Å². The molecule has 2 saturated heterocycles. The van der Waals surface area contributed by atoms with Gasteiger partial charge in [-0.25, -0.2) is 0 Å². The molecular weight excluding hydrogens is 568 g/mol. The summed E-state index contributed by atoms with van der Waals surface area (Å²) >= 11 is 0. The number of alkyl halides is 6. The third-order valence-corrected chi connectivity index (χ3v) is 7.51. The van der Waals surface area contributed by atoms with Crippen LogP contribution in [0, 0.1) is 5.92 Å². The first-order valence-electron chi connectivity index (χ1n) is 13.4. The molecule has 2 heterocycles. The average Bonchev–Trinajstić information content (AvgIpc) is 3.48. The molecule has 0 radical (unpaired) electrons. The number of rotatable bonds is 8. The summed E-state index contributed by atoms with van der Waals surface area (Å²) in [5.41, 5.74) is -0.0212. The quantitative estimate of drug-likeness (QED) is 0.293. The number of benzene rings is 3. The van der Waals surface area contributed by atoms with Crippen LogP contribution in [0.15, 0.2) is 72.8 Å². The lowest BCUT2D eigenvalue weighted by Gasteiger charge is -2.42. The molecule has 2 aliphatic rings. The molecule has 6 nitrogen and oxygen atoms in total. The van der Waals surface area contributed by atoms with E-state index in [1.165, 1.54) is 30.3 Å². The van der Waals surface area contributed by atoms with Crippen LogP contribution < -0.4 is 9.47 Å². The lowest BCUT2D eigenvalue weighted by molar-refractivity contribution is -0.276. The number of ether oxygens (including phenoxy) is 4. The first kappa shape index (κ1) is 30.1. The van der Waals surface area contributed by atoms with E-state index in [4.69, 9.17) is 9.47 Å². The van der Waals surface area contributed by atoms with Gasteiger partial charge in [0, 0.05) is 17.7 Å². The Morgan fingerprint density at radius 2 is 1.36 bits per heavy atom. The van der Waals surface area contributed by atoms with E-state index in [0.29, 0.717) is 45.7 Å². The van der Waals surface area contributed by atoms with Crippen LogP contribution in [0.5, 0.6) is 11.5 Å². The van der Waals surface area contributed by atoms with Crippen LogP contribution in [0.2, 0.25) is 0 Å². The maximum atomic E-state index is 13.3. The average molecular weight is 598 g/mol. The molecule has 3 aromatic carbocycles. The number of nitrogens with zero attached hydrogens (tertiary/aromatic N) is 1. The zero-order chi connectivity index (χ0) is 30.0. The van der Waals surface area contributed by atoms with Crippen molar-refractivity contribution in [3.8, 4) is 11.5 Å². The summed E-state index contributed by atoms with van der Waals surface area (Å²) in [5.74, 6) is -1.67. The van der Waals surface area contributed by atoms with Crippen molar-refractivity contribution < 1.29 is 50.4 Å². The van der Waals surface area contributed by atoms with Gasteiger partial charge in [-0.3, -0.25) is 4.90 Å². The number of aliphatic hydroxyl groups is 1. The van der Waals surface area contributed by atoms with Crippen LogP contribution in [-0.2, 0) is 21.6 Å². The monoisotopic (exact) mass is 597 g/mol. The van der Waals surface area contributed by atoms with Gasteiger partial charge in [-0.1, -0.05) is 54.6 Å². The second kappa shape index (κ2) is 12.1. The van der Waals surface area contributed by atoms with Crippen molar-refractivity contribution in [1.29, 1.82) is 0 Å². The van der Waals surface area contributed by atoms with E-state index >= 15 is 0 Å². The molecule has 1 N–H and O–H groups in total. The predicted molar refractivity (Wildman–Crippen MR) is 138 cm³/mol.